The molecule has 4 aromatic carbocycles. The summed E-state index contributed by atoms with van der Waals surface area (Å²) in [5, 5.41) is 12.7. The first-order valence-electron chi connectivity index (χ1n) is 11.2. The lowest BCUT2D eigenvalue weighted by molar-refractivity contribution is 0.102. The fourth-order valence-corrected chi connectivity index (χ4v) is 5.60. The maximum absolute atomic E-state index is 13.2. The number of halogens is 1. The van der Waals surface area contributed by atoms with Crippen LogP contribution in [0.4, 0.5) is 21.5 Å². The molecule has 4 N–H and O–H groups in total. The second-order valence-corrected chi connectivity index (χ2v) is 11.4. The molecule has 4 rings (SSSR count). The van der Waals surface area contributed by atoms with E-state index in [1.54, 1.807) is 12.1 Å². The Bertz CT molecular complexity index is 1730. The number of hydrogen-bond acceptors (Lipinski definition) is 7. The Morgan fingerprint density at radius 3 is 2.05 bits per heavy atom. The van der Waals surface area contributed by atoms with Crippen LogP contribution in [0.3, 0.4) is 0 Å². The van der Waals surface area contributed by atoms with Crippen molar-refractivity contribution in [2.45, 2.75) is 9.79 Å². The lowest BCUT2D eigenvalue weighted by atomic mass is 10.1. The first-order valence-corrected chi connectivity index (χ1v) is 14.1. The number of rotatable bonds is 9. The Labute approximate surface area is 224 Å². The molecule has 13 heteroatoms. The van der Waals surface area contributed by atoms with E-state index in [4.69, 9.17) is 4.74 Å². The summed E-state index contributed by atoms with van der Waals surface area (Å²) in [5.74, 6) is -1.33. The summed E-state index contributed by atoms with van der Waals surface area (Å²) in [5.41, 5.74) is -0.179. The molecule has 0 radical (unpaired) electrons. The van der Waals surface area contributed by atoms with Gasteiger partial charge in [-0.15, -0.1) is 0 Å². The molecule has 0 aliphatic heterocycles. The van der Waals surface area contributed by atoms with Crippen molar-refractivity contribution in [1.82, 2.24) is 0 Å². The molecule has 0 spiro atoms. The van der Waals surface area contributed by atoms with E-state index in [0.717, 1.165) is 42.5 Å². The molecule has 0 saturated heterocycles. The Balaban J connectivity index is 1.57. The fraction of sp³-hybridized carbons (Fsp3) is 0.0385. The average molecular weight is 572 g/mol. The van der Waals surface area contributed by atoms with Crippen molar-refractivity contribution in [2.24, 2.45) is 0 Å². The molecule has 0 bridgehead atoms. The Morgan fingerprint density at radius 1 is 0.769 bits per heavy atom. The zero-order valence-electron chi connectivity index (χ0n) is 20.3. The van der Waals surface area contributed by atoms with Crippen LogP contribution < -0.4 is 19.5 Å². The van der Waals surface area contributed by atoms with E-state index >= 15 is 0 Å². The predicted molar refractivity (Wildman–Crippen MR) is 144 cm³/mol. The third kappa shape index (κ3) is 6.45. The summed E-state index contributed by atoms with van der Waals surface area (Å²) in [6, 6.07) is 19.2. The normalized spacial score (nSPS) is 11.4. The predicted octanol–water partition coefficient (Wildman–Crippen LogP) is 4.39. The second-order valence-electron chi connectivity index (χ2n) is 8.07. The number of amides is 1. The van der Waals surface area contributed by atoms with Crippen LogP contribution in [-0.4, -0.2) is 35.0 Å². The largest absolute Gasteiger partial charge is 0.506 e. The van der Waals surface area contributed by atoms with Gasteiger partial charge >= 0.3 is 0 Å². The van der Waals surface area contributed by atoms with E-state index in [-0.39, 0.29) is 32.4 Å². The molecule has 4 aromatic rings. The van der Waals surface area contributed by atoms with Crippen LogP contribution in [0.1, 0.15) is 10.4 Å². The molecular formula is C26H22FN3O7S2. The van der Waals surface area contributed by atoms with E-state index in [1.165, 1.54) is 43.5 Å². The molecule has 0 aliphatic carbocycles. The summed E-state index contributed by atoms with van der Waals surface area (Å²) in [7, 11) is -6.80. The van der Waals surface area contributed by atoms with Crippen LogP contribution in [0.15, 0.2) is 101 Å². The van der Waals surface area contributed by atoms with Crippen LogP contribution in [-0.2, 0) is 20.0 Å². The molecular weight excluding hydrogens is 549 g/mol. The first kappa shape index (κ1) is 27.4. The highest BCUT2D eigenvalue weighted by Crippen LogP contribution is 2.29. The summed E-state index contributed by atoms with van der Waals surface area (Å²) in [4.78, 5) is 12.6. The van der Waals surface area contributed by atoms with Gasteiger partial charge in [0.2, 0.25) is 0 Å². The highest BCUT2D eigenvalue weighted by atomic mass is 32.2. The summed E-state index contributed by atoms with van der Waals surface area (Å²) in [6.45, 7) is 0. The van der Waals surface area contributed by atoms with Gasteiger partial charge in [-0.1, -0.05) is 12.1 Å². The number of aromatic hydroxyl groups is 1. The maximum atomic E-state index is 13.2. The van der Waals surface area contributed by atoms with Crippen molar-refractivity contribution in [1.29, 1.82) is 0 Å². The summed E-state index contributed by atoms with van der Waals surface area (Å²) < 4.78 is 74.3. The lowest BCUT2D eigenvalue weighted by Gasteiger charge is -2.14. The van der Waals surface area contributed by atoms with Crippen LogP contribution in [0.2, 0.25) is 0 Å². The van der Waals surface area contributed by atoms with Gasteiger partial charge in [-0.25, -0.2) is 21.2 Å². The van der Waals surface area contributed by atoms with Crippen molar-refractivity contribution in [3.05, 3.63) is 102 Å². The van der Waals surface area contributed by atoms with E-state index in [2.05, 4.69) is 14.8 Å². The van der Waals surface area contributed by atoms with Gasteiger partial charge in [-0.3, -0.25) is 14.2 Å². The molecule has 0 saturated carbocycles. The minimum atomic E-state index is -4.17. The number of carbonyl (C=O) groups is 1. The zero-order valence-corrected chi connectivity index (χ0v) is 21.9. The van der Waals surface area contributed by atoms with Gasteiger partial charge in [-0.05, 0) is 78.9 Å². The number of ether oxygens (including phenoxy) is 1. The maximum Gasteiger partial charge on any atom is 0.261 e. The van der Waals surface area contributed by atoms with Gasteiger partial charge < -0.3 is 15.2 Å². The number of para-hydroxylation sites is 1. The van der Waals surface area contributed by atoms with E-state index < -0.39 is 37.5 Å². The first-order chi connectivity index (χ1) is 18.5. The average Bonchev–Trinajstić information content (AvgIpc) is 2.90. The molecule has 0 aromatic heterocycles. The van der Waals surface area contributed by atoms with Gasteiger partial charge in [0.1, 0.15) is 17.3 Å². The number of phenols is 1. The van der Waals surface area contributed by atoms with Crippen molar-refractivity contribution in [3.8, 4) is 11.5 Å². The van der Waals surface area contributed by atoms with Crippen molar-refractivity contribution < 1.29 is 35.9 Å². The third-order valence-corrected chi connectivity index (χ3v) is 8.17. The molecule has 0 heterocycles. The molecule has 0 aliphatic rings. The number of anilines is 3. The Morgan fingerprint density at radius 2 is 1.38 bits per heavy atom. The quantitative estimate of drug-likeness (QED) is 0.218. The minimum Gasteiger partial charge on any atom is -0.506 e. The van der Waals surface area contributed by atoms with Crippen LogP contribution in [0.5, 0.6) is 11.5 Å². The van der Waals surface area contributed by atoms with E-state index in [1.807, 2.05) is 0 Å². The fourth-order valence-electron chi connectivity index (χ4n) is 3.43. The van der Waals surface area contributed by atoms with Crippen LogP contribution >= 0.6 is 0 Å². The molecule has 0 fully saturated rings. The highest BCUT2D eigenvalue weighted by molar-refractivity contribution is 7.93. The van der Waals surface area contributed by atoms with Gasteiger partial charge in [-0.2, -0.15) is 0 Å². The lowest BCUT2D eigenvalue weighted by Crippen LogP contribution is -2.19. The van der Waals surface area contributed by atoms with Crippen LogP contribution in [0, 0.1) is 5.82 Å². The number of nitrogens with one attached hydrogen (secondary N) is 3. The van der Waals surface area contributed by atoms with Crippen LogP contribution in [0.25, 0.3) is 0 Å². The molecule has 0 unspecified atom stereocenters. The highest BCUT2D eigenvalue weighted by Gasteiger charge is 2.21. The Kier molecular flexibility index (Phi) is 7.74. The van der Waals surface area contributed by atoms with E-state index in [9.17, 15) is 31.1 Å². The van der Waals surface area contributed by atoms with Crippen molar-refractivity contribution in [2.75, 3.05) is 21.9 Å². The molecule has 0 atom stereocenters. The smallest absolute Gasteiger partial charge is 0.261 e. The standard InChI is InChI=1S/C26H22FN3O7S2/c1-37-19-10-8-18(9-11-19)29-39(35,36)21-14-15-25(31)24(16-21)28-26(32)22-4-2-3-5-23(22)30-38(33,34)20-12-6-17(27)7-13-20/h2-16,29-31H,1H3,(H,28,32). The molecule has 202 valence electrons. The number of carbonyl (C=O) groups excluding carboxylic acids is 1. The summed E-state index contributed by atoms with van der Waals surface area (Å²) in [6.07, 6.45) is 0. The number of benzene rings is 4. The van der Waals surface area contributed by atoms with Gasteiger partial charge in [0.05, 0.1) is 33.8 Å². The number of hydrogen-bond donors (Lipinski definition) is 4. The number of methoxy groups -OCH3 is 1. The van der Waals surface area contributed by atoms with Gasteiger partial charge in [0, 0.05) is 5.69 Å². The molecule has 1 amide bonds. The van der Waals surface area contributed by atoms with Gasteiger partial charge in [0.25, 0.3) is 26.0 Å². The van der Waals surface area contributed by atoms with Crippen molar-refractivity contribution in [3.63, 3.8) is 0 Å². The van der Waals surface area contributed by atoms with E-state index in [0.29, 0.717) is 5.75 Å². The van der Waals surface area contributed by atoms with Gasteiger partial charge in [0.15, 0.2) is 0 Å². The zero-order chi connectivity index (χ0) is 28.2. The summed E-state index contributed by atoms with van der Waals surface area (Å²) >= 11 is 0. The topological polar surface area (TPSA) is 151 Å². The Hall–Kier alpha value is -4.62. The second kappa shape index (κ2) is 11.0. The van der Waals surface area contributed by atoms with Crippen molar-refractivity contribution >= 4 is 43.0 Å². The number of sulfonamides is 2. The monoisotopic (exact) mass is 571 g/mol. The SMILES string of the molecule is COc1ccc(NS(=O)(=O)c2ccc(O)c(NC(=O)c3ccccc3NS(=O)(=O)c3ccc(F)cc3)c2)cc1. The number of phenolic OH excluding ortho intramolecular Hbond substituents is 1. The minimum absolute atomic E-state index is 0.0937. The molecule has 39 heavy (non-hydrogen) atoms. The molecule has 10 nitrogen and oxygen atoms in total. The third-order valence-electron chi connectivity index (χ3n) is 5.41.